The van der Waals surface area contributed by atoms with E-state index in [9.17, 15) is 13.2 Å². The molecule has 148 valence electrons. The molecule has 0 aliphatic carbocycles. The summed E-state index contributed by atoms with van der Waals surface area (Å²) in [4.78, 5) is 0. The third-order valence-electron chi connectivity index (χ3n) is 3.82. The lowest BCUT2D eigenvalue weighted by molar-refractivity contribution is -0.274. The van der Waals surface area contributed by atoms with Gasteiger partial charge in [-0.1, -0.05) is 5.21 Å². The van der Waals surface area contributed by atoms with Crippen LogP contribution in [0.5, 0.6) is 23.0 Å². The van der Waals surface area contributed by atoms with Crippen LogP contribution in [0, 0.1) is 0 Å². The molecule has 1 aromatic heterocycles. The van der Waals surface area contributed by atoms with Gasteiger partial charge in [0.15, 0.2) is 11.5 Å². The van der Waals surface area contributed by atoms with E-state index in [1.165, 1.54) is 56.5 Å². The van der Waals surface area contributed by atoms with Gasteiger partial charge < -0.3 is 18.9 Å². The fraction of sp³-hybridized carbons (Fsp3) is 0.222. The Balaban J connectivity index is 2.01. The van der Waals surface area contributed by atoms with E-state index in [0.717, 1.165) is 0 Å². The van der Waals surface area contributed by atoms with Crippen LogP contribution in [0.1, 0.15) is 0 Å². The third-order valence-corrected chi connectivity index (χ3v) is 3.82. The summed E-state index contributed by atoms with van der Waals surface area (Å²) in [5, 5.41) is 7.91. The number of hydrogen-bond acceptors (Lipinski definition) is 6. The zero-order valence-electron chi connectivity index (χ0n) is 15.1. The zero-order chi connectivity index (χ0) is 20.3. The van der Waals surface area contributed by atoms with E-state index in [-0.39, 0.29) is 5.75 Å². The van der Waals surface area contributed by atoms with Crippen molar-refractivity contribution in [3.05, 3.63) is 42.6 Å². The first-order valence-electron chi connectivity index (χ1n) is 7.93. The summed E-state index contributed by atoms with van der Waals surface area (Å²) >= 11 is 0. The molecule has 0 atom stereocenters. The summed E-state index contributed by atoms with van der Waals surface area (Å²) in [5.74, 6) is 0.990. The topological polar surface area (TPSA) is 67.6 Å². The molecule has 0 aliphatic heterocycles. The van der Waals surface area contributed by atoms with Crippen LogP contribution in [-0.2, 0) is 0 Å². The van der Waals surface area contributed by atoms with Gasteiger partial charge in [-0.2, -0.15) is 0 Å². The Hall–Kier alpha value is -3.43. The van der Waals surface area contributed by atoms with Crippen LogP contribution in [0.2, 0.25) is 0 Å². The first-order chi connectivity index (χ1) is 13.4. The van der Waals surface area contributed by atoms with Gasteiger partial charge >= 0.3 is 6.36 Å². The lowest BCUT2D eigenvalue weighted by Crippen LogP contribution is -2.17. The van der Waals surface area contributed by atoms with Gasteiger partial charge in [-0.15, -0.1) is 18.3 Å². The van der Waals surface area contributed by atoms with E-state index in [1.807, 2.05) is 0 Å². The van der Waals surface area contributed by atoms with Gasteiger partial charge in [0.2, 0.25) is 5.75 Å². The molecule has 0 bridgehead atoms. The molecule has 2 aromatic carbocycles. The highest BCUT2D eigenvalue weighted by Crippen LogP contribution is 2.41. The first-order valence-corrected chi connectivity index (χ1v) is 7.93. The number of aromatic nitrogens is 3. The van der Waals surface area contributed by atoms with Crippen molar-refractivity contribution in [1.29, 1.82) is 0 Å². The van der Waals surface area contributed by atoms with E-state index in [0.29, 0.717) is 34.2 Å². The molecule has 0 fully saturated rings. The molecule has 7 nitrogen and oxygen atoms in total. The summed E-state index contributed by atoms with van der Waals surface area (Å²) in [6, 6.07) is 8.72. The normalized spacial score (nSPS) is 11.2. The standard InChI is InChI=1S/C18H16F3N3O4/c1-25-15-8-11(9-16(26-2)17(15)27-3)14-10-22-23-24(14)12-4-6-13(7-5-12)28-18(19,20)21/h4-10H,1-3H3. The maximum Gasteiger partial charge on any atom is 0.573 e. The summed E-state index contributed by atoms with van der Waals surface area (Å²) < 4.78 is 58.3. The Kier molecular flexibility index (Phi) is 5.30. The summed E-state index contributed by atoms with van der Waals surface area (Å²) in [6.07, 6.45) is -3.24. The van der Waals surface area contributed by atoms with Crippen LogP contribution in [0.4, 0.5) is 13.2 Å². The van der Waals surface area contributed by atoms with Crippen molar-refractivity contribution >= 4 is 0 Å². The molecule has 0 saturated carbocycles. The highest BCUT2D eigenvalue weighted by molar-refractivity contribution is 5.69. The van der Waals surface area contributed by atoms with Gasteiger partial charge in [0.05, 0.1) is 38.9 Å². The van der Waals surface area contributed by atoms with Gasteiger partial charge in [-0.25, -0.2) is 4.68 Å². The molecule has 10 heteroatoms. The van der Waals surface area contributed by atoms with Crippen molar-refractivity contribution < 1.29 is 32.1 Å². The Labute approximate surface area is 158 Å². The predicted molar refractivity (Wildman–Crippen MR) is 93.1 cm³/mol. The smallest absolute Gasteiger partial charge is 0.493 e. The van der Waals surface area contributed by atoms with E-state index in [1.54, 1.807) is 12.1 Å². The minimum Gasteiger partial charge on any atom is -0.493 e. The second-order valence-corrected chi connectivity index (χ2v) is 5.49. The highest BCUT2D eigenvalue weighted by atomic mass is 19.4. The molecule has 1 heterocycles. The molecular weight excluding hydrogens is 379 g/mol. The van der Waals surface area contributed by atoms with Crippen molar-refractivity contribution in [2.75, 3.05) is 21.3 Å². The van der Waals surface area contributed by atoms with Crippen molar-refractivity contribution in [2.45, 2.75) is 6.36 Å². The molecule has 0 N–H and O–H groups in total. The summed E-state index contributed by atoms with van der Waals surface area (Å²) in [5.41, 5.74) is 1.73. The van der Waals surface area contributed by atoms with Crippen molar-refractivity contribution in [2.24, 2.45) is 0 Å². The van der Waals surface area contributed by atoms with Crippen molar-refractivity contribution in [3.8, 4) is 39.9 Å². The van der Waals surface area contributed by atoms with Crippen LogP contribution in [0.15, 0.2) is 42.6 Å². The summed E-state index contributed by atoms with van der Waals surface area (Å²) in [6.45, 7) is 0. The van der Waals surface area contributed by atoms with Gasteiger partial charge in [0, 0.05) is 5.56 Å². The SMILES string of the molecule is COc1cc(-c2cnnn2-c2ccc(OC(F)(F)F)cc2)cc(OC)c1OC. The van der Waals surface area contributed by atoms with Crippen LogP contribution in [-0.4, -0.2) is 42.7 Å². The van der Waals surface area contributed by atoms with E-state index in [2.05, 4.69) is 15.0 Å². The number of rotatable bonds is 6. The molecule has 0 spiro atoms. The lowest BCUT2D eigenvalue weighted by Gasteiger charge is -2.14. The van der Waals surface area contributed by atoms with E-state index < -0.39 is 6.36 Å². The average molecular weight is 395 g/mol. The lowest BCUT2D eigenvalue weighted by atomic mass is 10.1. The monoisotopic (exact) mass is 395 g/mol. The van der Waals surface area contributed by atoms with Crippen molar-refractivity contribution in [3.63, 3.8) is 0 Å². The number of halogens is 3. The third kappa shape index (κ3) is 3.95. The quantitative estimate of drug-likeness (QED) is 0.632. The van der Waals surface area contributed by atoms with Gasteiger partial charge in [-0.3, -0.25) is 0 Å². The molecule has 0 saturated heterocycles. The number of alkyl halides is 3. The Bertz CT molecular complexity index is 930. The molecule has 0 aliphatic rings. The first kappa shape index (κ1) is 19.3. The zero-order valence-corrected chi connectivity index (χ0v) is 15.1. The maximum atomic E-state index is 12.3. The number of methoxy groups -OCH3 is 3. The predicted octanol–water partition coefficient (Wildman–Crippen LogP) is 3.86. The van der Waals surface area contributed by atoms with Gasteiger partial charge in [0.25, 0.3) is 0 Å². The molecule has 3 aromatic rings. The van der Waals surface area contributed by atoms with Crippen LogP contribution in [0.3, 0.4) is 0 Å². The molecular formula is C18H16F3N3O4. The second-order valence-electron chi connectivity index (χ2n) is 5.49. The van der Waals surface area contributed by atoms with E-state index in [4.69, 9.17) is 14.2 Å². The maximum absolute atomic E-state index is 12.3. The molecule has 0 radical (unpaired) electrons. The van der Waals surface area contributed by atoms with Crippen LogP contribution < -0.4 is 18.9 Å². The molecule has 3 rings (SSSR count). The molecule has 0 unspecified atom stereocenters. The number of benzene rings is 2. The van der Waals surface area contributed by atoms with Gasteiger partial charge in [0.1, 0.15) is 5.75 Å². The second kappa shape index (κ2) is 7.67. The van der Waals surface area contributed by atoms with Crippen LogP contribution >= 0.6 is 0 Å². The minimum atomic E-state index is -4.75. The number of ether oxygens (including phenoxy) is 4. The molecule has 28 heavy (non-hydrogen) atoms. The van der Waals surface area contributed by atoms with Crippen molar-refractivity contribution in [1.82, 2.24) is 15.0 Å². The Morgan fingerprint density at radius 1 is 0.893 bits per heavy atom. The largest absolute Gasteiger partial charge is 0.573 e. The highest BCUT2D eigenvalue weighted by Gasteiger charge is 2.31. The Morgan fingerprint density at radius 3 is 2.00 bits per heavy atom. The fourth-order valence-corrected chi connectivity index (χ4v) is 2.64. The Morgan fingerprint density at radius 2 is 1.50 bits per heavy atom. The number of hydrogen-bond donors (Lipinski definition) is 0. The minimum absolute atomic E-state index is 0.328. The number of nitrogens with zero attached hydrogens (tertiary/aromatic N) is 3. The van der Waals surface area contributed by atoms with E-state index >= 15 is 0 Å². The summed E-state index contributed by atoms with van der Waals surface area (Å²) in [7, 11) is 4.49. The average Bonchev–Trinajstić information content (AvgIpc) is 3.15. The molecule has 0 amide bonds. The van der Waals surface area contributed by atoms with Gasteiger partial charge in [-0.05, 0) is 36.4 Å². The fourth-order valence-electron chi connectivity index (χ4n) is 2.64. The van der Waals surface area contributed by atoms with Crippen LogP contribution in [0.25, 0.3) is 16.9 Å².